The minimum Gasteiger partial charge on any atom is -0.463 e. The summed E-state index contributed by atoms with van der Waals surface area (Å²) >= 11 is 0. The van der Waals surface area contributed by atoms with E-state index in [1.54, 1.807) is 0 Å². The summed E-state index contributed by atoms with van der Waals surface area (Å²) in [5.74, 6) is -0.215. The molecule has 1 fully saturated rings. The van der Waals surface area contributed by atoms with Crippen molar-refractivity contribution in [2.45, 2.75) is 51.2 Å². The van der Waals surface area contributed by atoms with E-state index in [0.717, 1.165) is 25.7 Å². The van der Waals surface area contributed by atoms with Crippen LogP contribution < -0.4 is 5.73 Å². The molecular weight excluding hydrogens is 198 g/mol. The summed E-state index contributed by atoms with van der Waals surface area (Å²) in [7, 11) is 1.51. The van der Waals surface area contributed by atoms with Crippen molar-refractivity contribution in [1.29, 1.82) is 0 Å². The Morgan fingerprint density at radius 3 is 2.27 bits per heavy atom. The highest BCUT2D eigenvalue weighted by Crippen LogP contribution is 2.23. The summed E-state index contributed by atoms with van der Waals surface area (Å²) in [6.07, 6.45) is 2.89. The maximum atomic E-state index is 10.7. The number of nitrogens with two attached hydrogens (primary N) is 1. The van der Waals surface area contributed by atoms with E-state index < -0.39 is 6.41 Å². The Balaban J connectivity index is 2.20. The lowest BCUT2D eigenvalue weighted by molar-refractivity contribution is -0.169. The zero-order valence-electron chi connectivity index (χ0n) is 9.27. The number of rotatable bonds is 4. The molecular formula is C10H19NO4. The predicted octanol–water partition coefficient (Wildman–Crippen LogP) is 0.766. The van der Waals surface area contributed by atoms with Crippen LogP contribution in [0.15, 0.2) is 0 Å². The molecule has 0 saturated heterocycles. The molecule has 0 aromatic heterocycles. The fourth-order valence-corrected chi connectivity index (χ4v) is 1.77. The summed E-state index contributed by atoms with van der Waals surface area (Å²) in [5.41, 5.74) is 5.49. The van der Waals surface area contributed by atoms with E-state index in [2.05, 4.69) is 0 Å². The predicted molar refractivity (Wildman–Crippen MR) is 53.9 cm³/mol. The quantitative estimate of drug-likeness (QED) is 0.556. The first kappa shape index (κ1) is 12.4. The molecule has 0 heterocycles. The van der Waals surface area contributed by atoms with Crippen molar-refractivity contribution in [1.82, 2.24) is 0 Å². The van der Waals surface area contributed by atoms with Gasteiger partial charge in [-0.05, 0) is 25.7 Å². The van der Waals surface area contributed by atoms with E-state index in [4.69, 9.17) is 19.9 Å². The molecule has 1 saturated carbocycles. The van der Waals surface area contributed by atoms with Crippen LogP contribution in [0.1, 0.15) is 32.6 Å². The topological polar surface area (TPSA) is 70.8 Å². The van der Waals surface area contributed by atoms with Crippen LogP contribution in [0.2, 0.25) is 0 Å². The first-order chi connectivity index (χ1) is 7.11. The molecule has 1 unspecified atom stereocenters. The second-order valence-electron chi connectivity index (χ2n) is 3.75. The highest BCUT2D eigenvalue weighted by molar-refractivity contribution is 5.66. The number of esters is 1. The lowest BCUT2D eigenvalue weighted by atomic mass is 9.95. The third kappa shape index (κ3) is 4.59. The number of hydrogen-bond acceptors (Lipinski definition) is 5. The molecule has 0 aromatic carbocycles. The summed E-state index contributed by atoms with van der Waals surface area (Å²) in [6, 6.07) is 0. The average molecular weight is 217 g/mol. The average Bonchev–Trinajstić information content (AvgIpc) is 2.20. The van der Waals surface area contributed by atoms with Gasteiger partial charge in [-0.25, -0.2) is 0 Å². The van der Waals surface area contributed by atoms with Gasteiger partial charge in [0.15, 0.2) is 0 Å². The Hall–Kier alpha value is -0.650. The lowest BCUT2D eigenvalue weighted by Crippen LogP contribution is -2.35. The van der Waals surface area contributed by atoms with Crippen LogP contribution in [0.4, 0.5) is 0 Å². The van der Waals surface area contributed by atoms with Crippen LogP contribution >= 0.6 is 0 Å². The van der Waals surface area contributed by atoms with Crippen molar-refractivity contribution in [2.24, 2.45) is 5.73 Å². The summed E-state index contributed by atoms with van der Waals surface area (Å²) in [6.45, 7) is 1.43. The van der Waals surface area contributed by atoms with Crippen molar-refractivity contribution in [2.75, 3.05) is 7.11 Å². The van der Waals surface area contributed by atoms with Gasteiger partial charge in [-0.15, -0.1) is 0 Å². The number of ether oxygens (including phenoxy) is 3. The zero-order valence-corrected chi connectivity index (χ0v) is 9.27. The number of carbonyl (C=O) groups excluding carboxylic acids is 1. The Kier molecular flexibility index (Phi) is 5.01. The van der Waals surface area contributed by atoms with Crippen LogP contribution in [-0.4, -0.2) is 31.7 Å². The van der Waals surface area contributed by atoms with Gasteiger partial charge in [0.1, 0.15) is 6.10 Å². The van der Waals surface area contributed by atoms with E-state index in [1.807, 2.05) is 0 Å². The molecule has 15 heavy (non-hydrogen) atoms. The Labute approximate surface area is 89.9 Å². The van der Waals surface area contributed by atoms with Gasteiger partial charge in [0, 0.05) is 14.0 Å². The monoisotopic (exact) mass is 217 g/mol. The normalized spacial score (nSPS) is 28.5. The summed E-state index contributed by atoms with van der Waals surface area (Å²) in [5, 5.41) is 0. The summed E-state index contributed by atoms with van der Waals surface area (Å²) < 4.78 is 15.3. The van der Waals surface area contributed by atoms with E-state index >= 15 is 0 Å². The van der Waals surface area contributed by atoms with Crippen molar-refractivity contribution in [3.8, 4) is 0 Å². The Bertz CT molecular complexity index is 202. The van der Waals surface area contributed by atoms with Gasteiger partial charge in [-0.3, -0.25) is 10.5 Å². The van der Waals surface area contributed by atoms with Gasteiger partial charge in [-0.1, -0.05) is 0 Å². The molecule has 1 aliphatic rings. The molecule has 88 valence electrons. The molecule has 0 radical (unpaired) electrons. The highest BCUT2D eigenvalue weighted by atomic mass is 16.7. The van der Waals surface area contributed by atoms with E-state index in [9.17, 15) is 4.79 Å². The van der Waals surface area contributed by atoms with Crippen LogP contribution in [0, 0.1) is 0 Å². The molecule has 5 heteroatoms. The SMILES string of the molecule is COC(N)OC1CCC(OC(C)=O)CC1. The van der Waals surface area contributed by atoms with Crippen LogP contribution in [0.5, 0.6) is 0 Å². The maximum absolute atomic E-state index is 10.7. The van der Waals surface area contributed by atoms with Crippen molar-refractivity contribution < 1.29 is 19.0 Å². The van der Waals surface area contributed by atoms with Gasteiger partial charge < -0.3 is 14.2 Å². The third-order valence-electron chi connectivity index (χ3n) is 2.51. The largest absolute Gasteiger partial charge is 0.463 e. The van der Waals surface area contributed by atoms with Crippen LogP contribution in [-0.2, 0) is 19.0 Å². The van der Waals surface area contributed by atoms with Gasteiger partial charge >= 0.3 is 5.97 Å². The molecule has 1 aliphatic carbocycles. The molecule has 2 N–H and O–H groups in total. The molecule has 0 amide bonds. The second-order valence-corrected chi connectivity index (χ2v) is 3.75. The molecule has 0 spiro atoms. The molecule has 1 atom stereocenters. The van der Waals surface area contributed by atoms with E-state index in [-0.39, 0.29) is 18.2 Å². The third-order valence-corrected chi connectivity index (χ3v) is 2.51. The zero-order chi connectivity index (χ0) is 11.3. The molecule has 0 bridgehead atoms. The number of hydrogen-bond donors (Lipinski definition) is 1. The van der Waals surface area contributed by atoms with Crippen LogP contribution in [0.25, 0.3) is 0 Å². The number of methoxy groups -OCH3 is 1. The minimum absolute atomic E-state index is 0.0427. The smallest absolute Gasteiger partial charge is 0.302 e. The molecule has 0 aromatic rings. The first-order valence-electron chi connectivity index (χ1n) is 5.23. The van der Waals surface area contributed by atoms with Crippen molar-refractivity contribution in [3.63, 3.8) is 0 Å². The highest BCUT2D eigenvalue weighted by Gasteiger charge is 2.24. The molecule has 0 aliphatic heterocycles. The fraction of sp³-hybridized carbons (Fsp3) is 0.900. The minimum atomic E-state index is -0.653. The standard InChI is InChI=1S/C10H19NO4/c1-7(12)14-8-3-5-9(6-4-8)15-10(11)13-2/h8-10H,3-6,11H2,1-2H3. The fourth-order valence-electron chi connectivity index (χ4n) is 1.77. The second kappa shape index (κ2) is 6.05. The molecule has 5 nitrogen and oxygen atoms in total. The van der Waals surface area contributed by atoms with Gasteiger partial charge in [-0.2, -0.15) is 0 Å². The van der Waals surface area contributed by atoms with E-state index in [1.165, 1.54) is 14.0 Å². The van der Waals surface area contributed by atoms with Gasteiger partial charge in [0.25, 0.3) is 0 Å². The number of carbonyl (C=O) groups is 1. The van der Waals surface area contributed by atoms with Gasteiger partial charge in [0.05, 0.1) is 6.10 Å². The summed E-state index contributed by atoms with van der Waals surface area (Å²) in [4.78, 5) is 10.7. The van der Waals surface area contributed by atoms with E-state index in [0.29, 0.717) is 0 Å². The lowest BCUT2D eigenvalue weighted by Gasteiger charge is -2.29. The van der Waals surface area contributed by atoms with Crippen LogP contribution in [0.3, 0.4) is 0 Å². The van der Waals surface area contributed by atoms with Crippen molar-refractivity contribution >= 4 is 5.97 Å². The Morgan fingerprint density at radius 2 is 1.80 bits per heavy atom. The Morgan fingerprint density at radius 1 is 1.27 bits per heavy atom. The first-order valence-corrected chi connectivity index (χ1v) is 5.23. The van der Waals surface area contributed by atoms with Gasteiger partial charge in [0.2, 0.25) is 6.41 Å². The van der Waals surface area contributed by atoms with Crippen molar-refractivity contribution in [3.05, 3.63) is 0 Å². The molecule has 1 rings (SSSR count). The maximum Gasteiger partial charge on any atom is 0.302 e.